The van der Waals surface area contributed by atoms with Crippen LogP contribution in [0.2, 0.25) is 0 Å². The first kappa shape index (κ1) is 14.9. The Balaban J connectivity index is 2.29. The average molecular weight is 349 g/mol. The molecule has 2 rings (SSSR count). The van der Waals surface area contributed by atoms with Crippen LogP contribution in [0.3, 0.4) is 0 Å². The molecule has 0 aliphatic carbocycles. The first-order valence-corrected chi connectivity index (χ1v) is 6.63. The highest BCUT2D eigenvalue weighted by atomic mass is 79.9. The molecular weight excluding hydrogens is 340 g/mol. The molecule has 6 nitrogen and oxygen atoms in total. The summed E-state index contributed by atoms with van der Waals surface area (Å²) in [5.41, 5.74) is 0.557. The molecule has 0 heterocycles. The number of halogens is 1. The van der Waals surface area contributed by atoms with Crippen molar-refractivity contribution >= 4 is 33.4 Å². The summed E-state index contributed by atoms with van der Waals surface area (Å²) in [5.74, 6) is 0.360. The molecule has 0 spiro atoms. The van der Waals surface area contributed by atoms with Crippen molar-refractivity contribution in [1.82, 2.24) is 0 Å². The van der Waals surface area contributed by atoms with E-state index in [9.17, 15) is 14.9 Å². The van der Waals surface area contributed by atoms with Crippen molar-refractivity contribution in [2.45, 2.75) is 6.61 Å². The standard InChI is InChI=1S/C14H9BrN2O4/c15-11-6-13(17(19)20)12(16-9-18)7-14(11)21-8-10-4-2-1-3-5-10/h1-7H,8H2. The molecule has 0 atom stereocenters. The molecule has 0 saturated heterocycles. The van der Waals surface area contributed by atoms with Crippen molar-refractivity contribution in [3.05, 3.63) is 62.6 Å². The Morgan fingerprint density at radius 3 is 2.62 bits per heavy atom. The minimum absolute atomic E-state index is 0.0961. The molecule has 0 radical (unpaired) electrons. The number of rotatable bonds is 5. The lowest BCUT2D eigenvalue weighted by Crippen LogP contribution is -1.97. The Kier molecular flexibility index (Phi) is 4.81. The predicted molar refractivity (Wildman–Crippen MR) is 79.4 cm³/mol. The van der Waals surface area contributed by atoms with Gasteiger partial charge in [0.2, 0.25) is 6.08 Å². The summed E-state index contributed by atoms with van der Waals surface area (Å²) < 4.78 is 6.00. The largest absolute Gasteiger partial charge is 0.488 e. The number of nitro benzene ring substituents is 1. The van der Waals surface area contributed by atoms with Crippen LogP contribution in [0, 0.1) is 10.1 Å². The van der Waals surface area contributed by atoms with Gasteiger partial charge >= 0.3 is 0 Å². The second kappa shape index (κ2) is 6.78. The summed E-state index contributed by atoms with van der Waals surface area (Å²) in [4.78, 5) is 24.0. The number of carbonyl (C=O) groups excluding carboxylic acids is 1. The highest BCUT2D eigenvalue weighted by Crippen LogP contribution is 2.37. The lowest BCUT2D eigenvalue weighted by atomic mass is 10.2. The third-order valence-corrected chi connectivity index (χ3v) is 3.25. The normalized spacial score (nSPS) is 9.76. The molecule has 0 aromatic heterocycles. The lowest BCUT2D eigenvalue weighted by Gasteiger charge is -2.09. The van der Waals surface area contributed by atoms with E-state index in [0.29, 0.717) is 16.8 Å². The number of ether oxygens (including phenoxy) is 1. The lowest BCUT2D eigenvalue weighted by molar-refractivity contribution is -0.384. The van der Waals surface area contributed by atoms with Crippen LogP contribution in [-0.4, -0.2) is 11.0 Å². The van der Waals surface area contributed by atoms with E-state index in [-0.39, 0.29) is 11.4 Å². The predicted octanol–water partition coefficient (Wildman–Crippen LogP) is 3.90. The summed E-state index contributed by atoms with van der Waals surface area (Å²) in [5, 5.41) is 10.9. The Hall–Kier alpha value is -2.50. The molecule has 0 aliphatic heterocycles. The zero-order valence-corrected chi connectivity index (χ0v) is 12.2. The van der Waals surface area contributed by atoms with Crippen LogP contribution < -0.4 is 4.74 Å². The van der Waals surface area contributed by atoms with Gasteiger partial charge in [-0.25, -0.2) is 4.79 Å². The van der Waals surface area contributed by atoms with E-state index in [4.69, 9.17) is 4.74 Å². The van der Waals surface area contributed by atoms with Crippen molar-refractivity contribution in [3.63, 3.8) is 0 Å². The molecule has 21 heavy (non-hydrogen) atoms. The summed E-state index contributed by atoms with van der Waals surface area (Å²) in [6, 6.07) is 12.0. The van der Waals surface area contributed by atoms with E-state index >= 15 is 0 Å². The number of isocyanates is 1. The Bertz CT molecular complexity index is 712. The van der Waals surface area contributed by atoms with Gasteiger partial charge < -0.3 is 4.74 Å². The molecule has 2 aromatic carbocycles. The van der Waals surface area contributed by atoms with Gasteiger partial charge in [0.1, 0.15) is 12.4 Å². The third kappa shape index (κ3) is 3.75. The highest BCUT2D eigenvalue weighted by Gasteiger charge is 2.18. The molecule has 0 aliphatic rings. The van der Waals surface area contributed by atoms with E-state index in [1.165, 1.54) is 18.2 Å². The summed E-state index contributed by atoms with van der Waals surface area (Å²) >= 11 is 3.20. The second-order valence-corrected chi connectivity index (χ2v) is 4.86. The minimum Gasteiger partial charge on any atom is -0.488 e. The zero-order valence-electron chi connectivity index (χ0n) is 10.7. The second-order valence-electron chi connectivity index (χ2n) is 4.01. The molecular formula is C14H9BrN2O4. The minimum atomic E-state index is -0.623. The van der Waals surface area contributed by atoms with Crippen molar-refractivity contribution in [3.8, 4) is 5.75 Å². The van der Waals surface area contributed by atoms with Gasteiger partial charge in [0, 0.05) is 12.1 Å². The molecule has 0 amide bonds. The maximum Gasteiger partial charge on any atom is 0.297 e. The topological polar surface area (TPSA) is 81.8 Å². The number of nitro groups is 1. The van der Waals surface area contributed by atoms with Gasteiger partial charge in [0.25, 0.3) is 5.69 Å². The Morgan fingerprint density at radius 1 is 1.29 bits per heavy atom. The van der Waals surface area contributed by atoms with Gasteiger partial charge in [0.05, 0.1) is 9.40 Å². The molecule has 0 unspecified atom stereocenters. The SMILES string of the molecule is O=C=Nc1cc(OCc2ccccc2)c(Br)cc1[N+](=O)[O-]. The maximum atomic E-state index is 10.9. The van der Waals surface area contributed by atoms with Crippen LogP contribution in [0.15, 0.2) is 51.9 Å². The monoisotopic (exact) mass is 348 g/mol. The van der Waals surface area contributed by atoms with Crippen LogP contribution in [0.4, 0.5) is 11.4 Å². The van der Waals surface area contributed by atoms with Crippen LogP contribution in [0.25, 0.3) is 0 Å². The van der Waals surface area contributed by atoms with Gasteiger partial charge in [-0.05, 0) is 21.5 Å². The molecule has 0 saturated carbocycles. The number of benzene rings is 2. The molecule has 0 N–H and O–H groups in total. The molecule has 0 bridgehead atoms. The molecule has 2 aromatic rings. The fourth-order valence-electron chi connectivity index (χ4n) is 1.66. The van der Waals surface area contributed by atoms with E-state index in [1.807, 2.05) is 30.3 Å². The average Bonchev–Trinajstić information content (AvgIpc) is 2.48. The van der Waals surface area contributed by atoms with Gasteiger partial charge in [-0.3, -0.25) is 10.1 Å². The smallest absolute Gasteiger partial charge is 0.297 e. The van der Waals surface area contributed by atoms with Crippen molar-refractivity contribution in [1.29, 1.82) is 0 Å². The number of aliphatic imine (C=N–C) groups is 1. The van der Waals surface area contributed by atoms with E-state index < -0.39 is 4.92 Å². The zero-order chi connectivity index (χ0) is 15.2. The number of hydrogen-bond acceptors (Lipinski definition) is 5. The molecule has 7 heteroatoms. The quantitative estimate of drug-likeness (QED) is 0.355. The highest BCUT2D eigenvalue weighted by molar-refractivity contribution is 9.10. The molecule has 0 fully saturated rings. The van der Waals surface area contributed by atoms with E-state index in [2.05, 4.69) is 20.9 Å². The third-order valence-electron chi connectivity index (χ3n) is 2.63. The Labute approximate surface area is 128 Å². The first-order valence-electron chi connectivity index (χ1n) is 5.84. The van der Waals surface area contributed by atoms with Crippen molar-refractivity contribution in [2.24, 2.45) is 4.99 Å². The molecule has 106 valence electrons. The maximum absolute atomic E-state index is 10.9. The Morgan fingerprint density at radius 2 is 2.00 bits per heavy atom. The van der Waals surface area contributed by atoms with Gasteiger partial charge in [-0.1, -0.05) is 30.3 Å². The first-order chi connectivity index (χ1) is 10.1. The fraction of sp³-hybridized carbons (Fsp3) is 0.0714. The van der Waals surface area contributed by atoms with Crippen LogP contribution in [-0.2, 0) is 11.4 Å². The van der Waals surface area contributed by atoms with Crippen LogP contribution >= 0.6 is 15.9 Å². The number of hydrogen-bond donors (Lipinski definition) is 0. The van der Waals surface area contributed by atoms with Gasteiger partial charge in [-0.2, -0.15) is 4.99 Å². The summed E-state index contributed by atoms with van der Waals surface area (Å²) in [6.45, 7) is 0.293. The number of nitrogens with zero attached hydrogens (tertiary/aromatic N) is 2. The van der Waals surface area contributed by atoms with Gasteiger partial charge in [-0.15, -0.1) is 0 Å². The van der Waals surface area contributed by atoms with Crippen LogP contribution in [0.5, 0.6) is 5.75 Å². The van der Waals surface area contributed by atoms with Gasteiger partial charge in [0.15, 0.2) is 5.69 Å². The van der Waals surface area contributed by atoms with E-state index in [1.54, 1.807) is 0 Å². The summed E-state index contributed by atoms with van der Waals surface area (Å²) in [6.07, 6.45) is 1.30. The van der Waals surface area contributed by atoms with E-state index in [0.717, 1.165) is 5.56 Å². The van der Waals surface area contributed by atoms with Crippen molar-refractivity contribution < 1.29 is 14.5 Å². The summed E-state index contributed by atoms with van der Waals surface area (Å²) in [7, 11) is 0. The van der Waals surface area contributed by atoms with Crippen molar-refractivity contribution in [2.75, 3.05) is 0 Å². The fourth-order valence-corrected chi connectivity index (χ4v) is 2.11. The van der Waals surface area contributed by atoms with Crippen LogP contribution in [0.1, 0.15) is 5.56 Å².